The molecule has 0 unspecified atom stereocenters. The molecule has 2 aliphatic rings. The summed E-state index contributed by atoms with van der Waals surface area (Å²) in [7, 11) is 0. The second-order valence-electron chi connectivity index (χ2n) is 9.01. The van der Waals surface area contributed by atoms with Crippen molar-refractivity contribution in [3.05, 3.63) is 35.4 Å². The monoisotopic (exact) mass is 429 g/mol. The minimum Gasteiger partial charge on any atom is -0.379 e. The highest BCUT2D eigenvalue weighted by molar-refractivity contribution is 5.79. The van der Waals surface area contributed by atoms with Gasteiger partial charge in [0.15, 0.2) is 5.96 Å². The van der Waals surface area contributed by atoms with Gasteiger partial charge >= 0.3 is 0 Å². The van der Waals surface area contributed by atoms with Gasteiger partial charge in [0, 0.05) is 32.7 Å². The largest absolute Gasteiger partial charge is 0.379 e. The summed E-state index contributed by atoms with van der Waals surface area (Å²) < 4.78 is 5.48. The lowest BCUT2D eigenvalue weighted by atomic mass is 9.99. The Morgan fingerprint density at radius 3 is 2.48 bits per heavy atom. The number of hydrogen-bond acceptors (Lipinski definition) is 4. The quantitative estimate of drug-likeness (QED) is 0.340. The van der Waals surface area contributed by atoms with E-state index in [1.807, 2.05) is 0 Å². The molecule has 0 spiro atoms. The van der Waals surface area contributed by atoms with Gasteiger partial charge in [-0.2, -0.15) is 0 Å². The van der Waals surface area contributed by atoms with Crippen molar-refractivity contribution in [3.8, 4) is 0 Å². The zero-order valence-corrected chi connectivity index (χ0v) is 19.7. The molecule has 31 heavy (non-hydrogen) atoms. The molecule has 0 bridgehead atoms. The van der Waals surface area contributed by atoms with Crippen molar-refractivity contribution in [1.29, 1.82) is 0 Å². The molecular weight excluding hydrogens is 386 g/mol. The number of unbranched alkanes of at least 4 members (excludes halogenated alkanes) is 1. The predicted molar refractivity (Wildman–Crippen MR) is 129 cm³/mol. The van der Waals surface area contributed by atoms with Crippen molar-refractivity contribution in [1.82, 2.24) is 20.4 Å². The van der Waals surface area contributed by atoms with Gasteiger partial charge in [0.25, 0.3) is 0 Å². The lowest BCUT2D eigenvalue weighted by molar-refractivity contribution is 0.0341. The van der Waals surface area contributed by atoms with Gasteiger partial charge in [0.1, 0.15) is 0 Å². The fraction of sp³-hybridized carbons (Fsp3) is 0.720. The highest BCUT2D eigenvalue weighted by Gasteiger charge is 2.15. The number of likely N-dealkylation sites (tertiary alicyclic amines) is 1. The van der Waals surface area contributed by atoms with Crippen LogP contribution in [0.2, 0.25) is 0 Å². The highest BCUT2D eigenvalue weighted by atomic mass is 16.5. The highest BCUT2D eigenvalue weighted by Crippen LogP contribution is 2.16. The zero-order valence-electron chi connectivity index (χ0n) is 19.7. The van der Waals surface area contributed by atoms with E-state index < -0.39 is 0 Å². The Balaban J connectivity index is 1.42. The summed E-state index contributed by atoms with van der Waals surface area (Å²) in [5.74, 6) is 1.84. The number of ether oxygens (including phenoxy) is 1. The maximum atomic E-state index is 5.48. The minimum absolute atomic E-state index is 0.710. The number of morpholine rings is 1. The number of piperidine rings is 1. The molecule has 6 heteroatoms. The molecule has 174 valence electrons. The maximum Gasteiger partial charge on any atom is 0.191 e. The molecule has 0 radical (unpaired) electrons. The van der Waals surface area contributed by atoms with E-state index in [1.165, 1.54) is 56.4 Å². The van der Waals surface area contributed by atoms with Crippen LogP contribution in [0, 0.1) is 5.92 Å². The van der Waals surface area contributed by atoms with Crippen molar-refractivity contribution in [2.45, 2.75) is 52.6 Å². The molecular formula is C25H43N5O. The van der Waals surface area contributed by atoms with Crippen LogP contribution in [0.15, 0.2) is 29.3 Å². The molecule has 0 saturated carbocycles. The van der Waals surface area contributed by atoms with Crippen molar-refractivity contribution in [3.63, 3.8) is 0 Å². The molecule has 2 fully saturated rings. The SMILES string of the molecule is CCNC(=NCc1ccccc1CN1CCOCC1)NCCCCN1CCC(C)CC1. The van der Waals surface area contributed by atoms with Crippen LogP contribution in [-0.2, 0) is 17.8 Å². The molecule has 2 saturated heterocycles. The van der Waals surface area contributed by atoms with Crippen LogP contribution < -0.4 is 10.6 Å². The Morgan fingerprint density at radius 2 is 1.74 bits per heavy atom. The van der Waals surface area contributed by atoms with Gasteiger partial charge in [-0.15, -0.1) is 0 Å². The molecule has 0 amide bonds. The minimum atomic E-state index is 0.710. The Hall–Kier alpha value is -1.63. The second kappa shape index (κ2) is 13.7. The first-order valence-corrected chi connectivity index (χ1v) is 12.4. The number of benzene rings is 1. The van der Waals surface area contributed by atoms with Crippen LogP contribution in [0.1, 0.15) is 50.7 Å². The van der Waals surface area contributed by atoms with E-state index in [9.17, 15) is 0 Å². The van der Waals surface area contributed by atoms with E-state index in [2.05, 4.69) is 58.5 Å². The maximum absolute atomic E-state index is 5.48. The van der Waals surface area contributed by atoms with Gasteiger partial charge in [-0.25, -0.2) is 4.99 Å². The van der Waals surface area contributed by atoms with Crippen LogP contribution in [0.5, 0.6) is 0 Å². The van der Waals surface area contributed by atoms with Gasteiger partial charge in [-0.3, -0.25) is 4.90 Å². The molecule has 0 aromatic heterocycles. The third-order valence-corrected chi connectivity index (χ3v) is 6.44. The first-order chi connectivity index (χ1) is 15.2. The Bertz CT molecular complexity index is 651. The first kappa shape index (κ1) is 24.0. The summed E-state index contributed by atoms with van der Waals surface area (Å²) in [6, 6.07) is 8.70. The molecule has 3 rings (SSSR count). The summed E-state index contributed by atoms with van der Waals surface area (Å²) in [5, 5.41) is 6.93. The topological polar surface area (TPSA) is 52.1 Å². The predicted octanol–water partition coefficient (Wildman–Crippen LogP) is 3.09. The van der Waals surface area contributed by atoms with Crippen molar-refractivity contribution >= 4 is 5.96 Å². The number of nitrogens with zero attached hydrogens (tertiary/aromatic N) is 3. The lowest BCUT2D eigenvalue weighted by Gasteiger charge is -2.30. The van der Waals surface area contributed by atoms with Crippen molar-refractivity contribution in [2.24, 2.45) is 10.9 Å². The van der Waals surface area contributed by atoms with Gasteiger partial charge in [0.05, 0.1) is 19.8 Å². The summed E-state index contributed by atoms with van der Waals surface area (Å²) >= 11 is 0. The Labute approximate surface area is 189 Å². The van der Waals surface area contributed by atoms with Crippen LogP contribution in [0.4, 0.5) is 0 Å². The average Bonchev–Trinajstić information content (AvgIpc) is 2.80. The van der Waals surface area contributed by atoms with E-state index in [4.69, 9.17) is 9.73 Å². The number of rotatable bonds is 10. The standard InChI is InChI=1S/C25H43N5O/c1-3-26-25(27-12-6-7-13-29-14-10-22(2)11-15-29)28-20-23-8-4-5-9-24(23)21-30-16-18-31-19-17-30/h4-5,8-9,22H,3,6-7,10-21H2,1-2H3,(H2,26,27,28). The first-order valence-electron chi connectivity index (χ1n) is 12.4. The van der Waals surface area contributed by atoms with Crippen LogP contribution in [-0.4, -0.2) is 74.8 Å². The number of guanidine groups is 1. The zero-order chi connectivity index (χ0) is 21.7. The van der Waals surface area contributed by atoms with E-state index in [0.717, 1.165) is 57.8 Å². The fourth-order valence-electron chi connectivity index (χ4n) is 4.33. The molecule has 2 heterocycles. The van der Waals surface area contributed by atoms with E-state index in [0.29, 0.717) is 6.54 Å². The molecule has 2 N–H and O–H groups in total. The summed E-state index contributed by atoms with van der Waals surface area (Å²) in [6.07, 6.45) is 5.16. The van der Waals surface area contributed by atoms with Crippen LogP contribution >= 0.6 is 0 Å². The van der Waals surface area contributed by atoms with E-state index in [1.54, 1.807) is 0 Å². The van der Waals surface area contributed by atoms with E-state index >= 15 is 0 Å². The average molecular weight is 430 g/mol. The molecule has 6 nitrogen and oxygen atoms in total. The van der Waals surface area contributed by atoms with Crippen molar-refractivity contribution < 1.29 is 4.74 Å². The van der Waals surface area contributed by atoms with E-state index in [-0.39, 0.29) is 0 Å². The fourth-order valence-corrected chi connectivity index (χ4v) is 4.33. The Kier molecular flexibility index (Phi) is 10.6. The van der Waals surface area contributed by atoms with Crippen molar-refractivity contribution in [2.75, 3.05) is 59.0 Å². The molecule has 0 aliphatic carbocycles. The van der Waals surface area contributed by atoms with Crippen LogP contribution in [0.3, 0.4) is 0 Å². The van der Waals surface area contributed by atoms with Gasteiger partial charge < -0.3 is 20.3 Å². The summed E-state index contributed by atoms with van der Waals surface area (Å²) in [4.78, 5) is 9.97. The molecule has 1 aromatic carbocycles. The van der Waals surface area contributed by atoms with Gasteiger partial charge in [-0.05, 0) is 69.3 Å². The van der Waals surface area contributed by atoms with Crippen LogP contribution in [0.25, 0.3) is 0 Å². The second-order valence-corrected chi connectivity index (χ2v) is 9.01. The normalized spacial score (nSPS) is 19.5. The molecule has 0 atom stereocenters. The van der Waals surface area contributed by atoms with Gasteiger partial charge in [-0.1, -0.05) is 31.2 Å². The smallest absolute Gasteiger partial charge is 0.191 e. The summed E-state index contributed by atoms with van der Waals surface area (Å²) in [5.41, 5.74) is 2.69. The summed E-state index contributed by atoms with van der Waals surface area (Å²) in [6.45, 7) is 15.6. The lowest BCUT2D eigenvalue weighted by Crippen LogP contribution is -2.38. The number of nitrogens with one attached hydrogen (secondary N) is 2. The Morgan fingerprint density at radius 1 is 1.00 bits per heavy atom. The molecule has 1 aromatic rings. The third kappa shape index (κ3) is 8.79. The number of hydrogen-bond donors (Lipinski definition) is 2. The molecule has 2 aliphatic heterocycles. The third-order valence-electron chi connectivity index (χ3n) is 6.44. The number of aliphatic imine (C=N–C) groups is 1. The van der Waals surface area contributed by atoms with Gasteiger partial charge in [0.2, 0.25) is 0 Å².